The van der Waals surface area contributed by atoms with Crippen LogP contribution in [0.4, 0.5) is 5.95 Å². The van der Waals surface area contributed by atoms with Crippen LogP contribution in [-0.4, -0.2) is 42.7 Å². The third kappa shape index (κ3) is 2.94. The standard InChI is InChI=1S/C17H20N6O/c24-11-12-5-7-13(8-6-12)19-17-18-10-9-16(20-17)23-15-4-2-1-3-14(15)21-22-23/h1-4,9-10,12-13,24H,5-8,11H2,(H,18,19,20). The second-order valence-electron chi connectivity index (χ2n) is 6.27. The average Bonchev–Trinajstić information content (AvgIpc) is 3.07. The van der Waals surface area contributed by atoms with Crippen molar-refractivity contribution < 1.29 is 5.11 Å². The molecule has 2 aromatic heterocycles. The number of benzene rings is 1. The summed E-state index contributed by atoms with van der Waals surface area (Å²) in [5.41, 5.74) is 1.76. The molecule has 1 fully saturated rings. The Morgan fingerprint density at radius 3 is 2.79 bits per heavy atom. The van der Waals surface area contributed by atoms with Crippen molar-refractivity contribution in [2.75, 3.05) is 11.9 Å². The van der Waals surface area contributed by atoms with E-state index in [2.05, 4.69) is 25.6 Å². The normalized spacial score (nSPS) is 21.0. The molecule has 1 aromatic carbocycles. The van der Waals surface area contributed by atoms with E-state index in [1.54, 1.807) is 10.9 Å². The van der Waals surface area contributed by atoms with Crippen LogP contribution in [0.1, 0.15) is 25.7 Å². The van der Waals surface area contributed by atoms with Gasteiger partial charge in [0.15, 0.2) is 5.82 Å². The number of hydrogen-bond acceptors (Lipinski definition) is 6. The first-order valence-corrected chi connectivity index (χ1v) is 8.35. The molecule has 7 nitrogen and oxygen atoms in total. The molecule has 0 saturated heterocycles. The quantitative estimate of drug-likeness (QED) is 0.764. The minimum Gasteiger partial charge on any atom is -0.396 e. The van der Waals surface area contributed by atoms with Gasteiger partial charge in [0, 0.05) is 24.9 Å². The van der Waals surface area contributed by atoms with Gasteiger partial charge < -0.3 is 10.4 Å². The molecule has 1 saturated carbocycles. The van der Waals surface area contributed by atoms with Gasteiger partial charge in [-0.3, -0.25) is 0 Å². The summed E-state index contributed by atoms with van der Waals surface area (Å²) in [6, 6.07) is 9.99. The van der Waals surface area contributed by atoms with E-state index in [0.29, 0.717) is 23.7 Å². The molecule has 7 heteroatoms. The molecule has 0 unspecified atom stereocenters. The first-order chi connectivity index (χ1) is 11.8. The van der Waals surface area contributed by atoms with E-state index >= 15 is 0 Å². The average molecular weight is 324 g/mol. The van der Waals surface area contributed by atoms with E-state index in [1.807, 2.05) is 30.3 Å². The Bertz CT molecular complexity index is 825. The number of aliphatic hydroxyl groups is 1. The molecule has 0 bridgehead atoms. The Balaban J connectivity index is 1.54. The molecule has 1 aliphatic rings. The van der Waals surface area contributed by atoms with Crippen LogP contribution < -0.4 is 5.32 Å². The zero-order valence-electron chi connectivity index (χ0n) is 13.3. The Morgan fingerprint density at radius 1 is 1.12 bits per heavy atom. The highest BCUT2D eigenvalue weighted by atomic mass is 16.3. The van der Waals surface area contributed by atoms with Crippen molar-refractivity contribution in [3.05, 3.63) is 36.5 Å². The zero-order valence-corrected chi connectivity index (χ0v) is 13.3. The minimum atomic E-state index is 0.290. The van der Waals surface area contributed by atoms with E-state index in [9.17, 15) is 5.11 Å². The van der Waals surface area contributed by atoms with Crippen molar-refractivity contribution in [1.29, 1.82) is 0 Å². The van der Waals surface area contributed by atoms with Crippen LogP contribution in [0.25, 0.3) is 16.9 Å². The monoisotopic (exact) mass is 324 g/mol. The number of anilines is 1. The van der Waals surface area contributed by atoms with Gasteiger partial charge >= 0.3 is 0 Å². The van der Waals surface area contributed by atoms with E-state index in [1.165, 1.54) is 0 Å². The lowest BCUT2D eigenvalue weighted by molar-refractivity contribution is 0.185. The third-order valence-corrected chi connectivity index (χ3v) is 4.65. The fourth-order valence-electron chi connectivity index (χ4n) is 3.25. The molecule has 0 amide bonds. The summed E-state index contributed by atoms with van der Waals surface area (Å²) in [6.07, 6.45) is 5.89. The fourth-order valence-corrected chi connectivity index (χ4v) is 3.25. The maximum Gasteiger partial charge on any atom is 0.224 e. The lowest BCUT2D eigenvalue weighted by Gasteiger charge is -2.27. The largest absolute Gasteiger partial charge is 0.396 e. The van der Waals surface area contributed by atoms with Gasteiger partial charge in [-0.05, 0) is 43.7 Å². The van der Waals surface area contributed by atoms with Gasteiger partial charge in [0.1, 0.15) is 5.52 Å². The molecule has 0 aliphatic heterocycles. The number of nitrogens with one attached hydrogen (secondary N) is 1. The maximum absolute atomic E-state index is 9.23. The van der Waals surface area contributed by atoms with Crippen molar-refractivity contribution >= 4 is 17.0 Å². The molecule has 2 N–H and O–H groups in total. The number of nitrogens with zero attached hydrogens (tertiary/aromatic N) is 5. The lowest BCUT2D eigenvalue weighted by atomic mass is 9.87. The van der Waals surface area contributed by atoms with E-state index in [-0.39, 0.29) is 6.61 Å². The van der Waals surface area contributed by atoms with Crippen LogP contribution in [0.5, 0.6) is 0 Å². The number of hydrogen-bond donors (Lipinski definition) is 2. The first kappa shape index (κ1) is 15.0. The van der Waals surface area contributed by atoms with E-state index < -0.39 is 0 Å². The number of fused-ring (bicyclic) bond motifs is 1. The van der Waals surface area contributed by atoms with Crippen molar-refractivity contribution in [2.24, 2.45) is 5.92 Å². The number of aromatic nitrogens is 5. The smallest absolute Gasteiger partial charge is 0.224 e. The summed E-state index contributed by atoms with van der Waals surface area (Å²) >= 11 is 0. The summed E-state index contributed by atoms with van der Waals surface area (Å²) in [5, 5.41) is 21.0. The third-order valence-electron chi connectivity index (χ3n) is 4.65. The summed E-state index contributed by atoms with van der Waals surface area (Å²) < 4.78 is 1.73. The number of rotatable bonds is 4. The molecule has 24 heavy (non-hydrogen) atoms. The predicted octanol–water partition coefficient (Wildman–Crippen LogP) is 2.17. The van der Waals surface area contributed by atoms with Gasteiger partial charge in [-0.2, -0.15) is 9.67 Å². The Kier molecular flexibility index (Phi) is 4.08. The van der Waals surface area contributed by atoms with Gasteiger partial charge in [-0.15, -0.1) is 5.10 Å². The zero-order chi connectivity index (χ0) is 16.4. The molecule has 124 valence electrons. The van der Waals surface area contributed by atoms with Crippen LogP contribution in [-0.2, 0) is 0 Å². The second kappa shape index (κ2) is 6.52. The number of para-hydroxylation sites is 1. The van der Waals surface area contributed by atoms with Crippen molar-refractivity contribution in [2.45, 2.75) is 31.7 Å². The van der Waals surface area contributed by atoms with Crippen LogP contribution in [0.2, 0.25) is 0 Å². The highest BCUT2D eigenvalue weighted by Crippen LogP contribution is 2.25. The van der Waals surface area contributed by atoms with Crippen LogP contribution in [0, 0.1) is 5.92 Å². The van der Waals surface area contributed by atoms with Gasteiger partial charge in [0.05, 0.1) is 5.52 Å². The molecule has 0 radical (unpaired) electrons. The molecule has 0 spiro atoms. The molecular formula is C17H20N6O. The van der Waals surface area contributed by atoms with Gasteiger partial charge in [-0.25, -0.2) is 4.98 Å². The minimum absolute atomic E-state index is 0.290. The molecule has 0 atom stereocenters. The topological polar surface area (TPSA) is 88.8 Å². The second-order valence-corrected chi connectivity index (χ2v) is 6.27. The highest BCUT2D eigenvalue weighted by Gasteiger charge is 2.21. The fraction of sp³-hybridized carbons (Fsp3) is 0.412. The highest BCUT2D eigenvalue weighted by molar-refractivity contribution is 5.75. The Labute approximate surface area is 139 Å². The lowest BCUT2D eigenvalue weighted by Crippen LogP contribution is -2.28. The van der Waals surface area contributed by atoms with Gasteiger partial charge in [0.2, 0.25) is 5.95 Å². The summed E-state index contributed by atoms with van der Waals surface area (Å²) in [4.78, 5) is 8.92. The molecular weight excluding hydrogens is 304 g/mol. The maximum atomic E-state index is 9.23. The van der Waals surface area contributed by atoms with Crippen LogP contribution in [0.15, 0.2) is 36.5 Å². The molecule has 2 heterocycles. The van der Waals surface area contributed by atoms with Crippen LogP contribution >= 0.6 is 0 Å². The molecule has 4 rings (SSSR count). The summed E-state index contributed by atoms with van der Waals surface area (Å²) in [7, 11) is 0. The van der Waals surface area contributed by atoms with E-state index in [4.69, 9.17) is 0 Å². The number of aliphatic hydroxyl groups excluding tert-OH is 1. The molecule has 1 aliphatic carbocycles. The first-order valence-electron chi connectivity index (χ1n) is 8.35. The summed E-state index contributed by atoms with van der Waals surface area (Å²) in [6.45, 7) is 0.290. The predicted molar refractivity (Wildman–Crippen MR) is 90.9 cm³/mol. The Morgan fingerprint density at radius 2 is 1.96 bits per heavy atom. The van der Waals surface area contributed by atoms with E-state index in [0.717, 1.165) is 36.7 Å². The van der Waals surface area contributed by atoms with Crippen LogP contribution in [0.3, 0.4) is 0 Å². The molecule has 3 aromatic rings. The summed E-state index contributed by atoms with van der Waals surface area (Å²) in [5.74, 6) is 1.75. The van der Waals surface area contributed by atoms with Crippen molar-refractivity contribution in [3.63, 3.8) is 0 Å². The van der Waals surface area contributed by atoms with Crippen molar-refractivity contribution in [3.8, 4) is 5.82 Å². The van der Waals surface area contributed by atoms with Gasteiger partial charge in [0.25, 0.3) is 0 Å². The Hall–Kier alpha value is -2.54. The van der Waals surface area contributed by atoms with Crippen molar-refractivity contribution in [1.82, 2.24) is 25.0 Å². The SMILES string of the molecule is OCC1CCC(Nc2nccc(-n3nnc4ccccc43)n2)CC1. The van der Waals surface area contributed by atoms with Gasteiger partial charge in [-0.1, -0.05) is 17.3 Å².